The number of fused-ring (bicyclic) bond motifs is 4. The highest BCUT2D eigenvalue weighted by molar-refractivity contribution is 7.99. The van der Waals surface area contributed by atoms with Crippen LogP contribution in [0.2, 0.25) is 0 Å². The van der Waals surface area contributed by atoms with Gasteiger partial charge in [0.25, 0.3) is 0 Å². The molecule has 0 amide bonds. The molecule has 2 aliphatic heterocycles. The lowest BCUT2D eigenvalue weighted by Crippen LogP contribution is -2.48. The van der Waals surface area contributed by atoms with Gasteiger partial charge in [-0.05, 0) is 72.4 Å². The van der Waals surface area contributed by atoms with E-state index < -0.39 is 0 Å². The molecular weight excluding hydrogens is 496 g/mol. The molecule has 0 radical (unpaired) electrons. The number of carbonyl (C=O) groups is 1. The van der Waals surface area contributed by atoms with Crippen LogP contribution in [-0.2, 0) is 22.5 Å². The van der Waals surface area contributed by atoms with E-state index >= 15 is 0 Å². The molecule has 2 bridgehead atoms. The summed E-state index contributed by atoms with van der Waals surface area (Å²) in [5.41, 5.74) is 3.42. The zero-order valence-electron chi connectivity index (χ0n) is 21.8. The summed E-state index contributed by atoms with van der Waals surface area (Å²) in [5.74, 6) is 3.70. The summed E-state index contributed by atoms with van der Waals surface area (Å²) in [7, 11) is 1.42. The number of anilines is 2. The molecule has 38 heavy (non-hydrogen) atoms. The first-order valence-electron chi connectivity index (χ1n) is 13.5. The second kappa shape index (κ2) is 11.3. The molecule has 198 valence electrons. The molecule has 0 spiro atoms. The number of carbonyl (C=O) groups excluding carboxylic acids is 1. The predicted molar refractivity (Wildman–Crippen MR) is 148 cm³/mol. The van der Waals surface area contributed by atoms with Gasteiger partial charge in [-0.3, -0.25) is 9.69 Å². The van der Waals surface area contributed by atoms with Crippen molar-refractivity contribution in [3.05, 3.63) is 66.0 Å². The average molecular weight is 531 g/mol. The number of nitrogens with zero attached hydrogens (tertiary/aromatic N) is 3. The van der Waals surface area contributed by atoms with Crippen molar-refractivity contribution >= 4 is 29.2 Å². The Labute approximate surface area is 228 Å². The number of methoxy groups -OCH3 is 1. The summed E-state index contributed by atoms with van der Waals surface area (Å²) in [6, 6.07) is 14.6. The second-order valence-electron chi connectivity index (χ2n) is 10.6. The van der Waals surface area contributed by atoms with Crippen LogP contribution in [0.4, 0.5) is 11.5 Å². The Morgan fingerprint density at radius 3 is 2.61 bits per heavy atom. The van der Waals surface area contributed by atoms with Crippen LogP contribution in [0.3, 0.4) is 0 Å². The largest absolute Gasteiger partial charge is 0.494 e. The minimum atomic E-state index is -0.223. The Morgan fingerprint density at radius 1 is 1.05 bits per heavy atom. The fourth-order valence-corrected chi connectivity index (χ4v) is 7.22. The molecule has 1 N–H and O–H groups in total. The van der Waals surface area contributed by atoms with E-state index in [-0.39, 0.29) is 5.97 Å². The number of aromatic nitrogens is 2. The molecule has 2 fully saturated rings. The van der Waals surface area contributed by atoms with Crippen molar-refractivity contribution in [1.82, 2.24) is 14.9 Å². The molecule has 1 aliphatic carbocycles. The van der Waals surface area contributed by atoms with Crippen molar-refractivity contribution in [2.45, 2.75) is 48.6 Å². The Bertz CT molecular complexity index is 1270. The minimum absolute atomic E-state index is 0.223. The fourth-order valence-electron chi connectivity index (χ4n) is 6.34. The normalized spacial score (nSPS) is 22.1. The van der Waals surface area contributed by atoms with Crippen molar-refractivity contribution in [1.29, 1.82) is 0 Å². The summed E-state index contributed by atoms with van der Waals surface area (Å²) in [5, 5.41) is 4.40. The molecular formula is C30H34N4O3S. The number of benzene rings is 2. The number of likely N-dealkylation sites (tertiary alicyclic amines) is 1. The Balaban J connectivity index is 1.02. The van der Waals surface area contributed by atoms with Gasteiger partial charge in [0.1, 0.15) is 10.8 Å². The van der Waals surface area contributed by atoms with Crippen LogP contribution in [0.5, 0.6) is 5.75 Å². The van der Waals surface area contributed by atoms with Crippen molar-refractivity contribution < 1.29 is 14.3 Å². The van der Waals surface area contributed by atoms with E-state index in [4.69, 9.17) is 9.47 Å². The molecule has 1 saturated heterocycles. The number of hydrogen-bond acceptors (Lipinski definition) is 8. The zero-order valence-corrected chi connectivity index (χ0v) is 22.6. The minimum Gasteiger partial charge on any atom is -0.494 e. The van der Waals surface area contributed by atoms with E-state index in [0.29, 0.717) is 6.42 Å². The summed E-state index contributed by atoms with van der Waals surface area (Å²) in [4.78, 5) is 24.2. The smallest absolute Gasteiger partial charge is 0.309 e. The molecule has 8 heteroatoms. The van der Waals surface area contributed by atoms with Crippen molar-refractivity contribution in [2.75, 3.05) is 32.1 Å². The first kappa shape index (κ1) is 25.2. The van der Waals surface area contributed by atoms with E-state index in [1.807, 2.05) is 24.3 Å². The standard InChI is InChI=1S/C30H34N4O3S/c1-36-28(35)16-20-5-8-24(9-6-20)37-14-11-25-22-3-2-4-23(25)19-34(18-22)17-21-7-10-27-26(15-21)33-29-30(38-27)32-13-12-31-29/h5-10,12-13,15,22-23,25H,2-4,11,14,16-19H2,1H3,(H,31,33). The molecule has 2 atom stereocenters. The van der Waals surface area contributed by atoms with Gasteiger partial charge in [0.05, 0.1) is 25.8 Å². The van der Waals surface area contributed by atoms with Crippen LogP contribution < -0.4 is 10.1 Å². The fraction of sp³-hybridized carbons (Fsp3) is 0.433. The van der Waals surface area contributed by atoms with E-state index in [0.717, 1.165) is 78.3 Å². The van der Waals surface area contributed by atoms with Crippen LogP contribution in [0.25, 0.3) is 0 Å². The van der Waals surface area contributed by atoms with Crippen LogP contribution in [0.1, 0.15) is 36.8 Å². The van der Waals surface area contributed by atoms with Crippen molar-refractivity contribution in [3.8, 4) is 5.75 Å². The van der Waals surface area contributed by atoms with Crippen LogP contribution >= 0.6 is 11.8 Å². The van der Waals surface area contributed by atoms with Gasteiger partial charge in [-0.2, -0.15) is 0 Å². The second-order valence-corrected chi connectivity index (χ2v) is 11.6. The summed E-state index contributed by atoms with van der Waals surface area (Å²) >= 11 is 1.68. The van der Waals surface area contributed by atoms with Gasteiger partial charge >= 0.3 is 5.97 Å². The highest BCUT2D eigenvalue weighted by atomic mass is 32.2. The van der Waals surface area contributed by atoms with E-state index in [9.17, 15) is 4.79 Å². The highest BCUT2D eigenvalue weighted by Crippen LogP contribution is 2.44. The first-order valence-corrected chi connectivity index (χ1v) is 14.4. The Hall–Kier alpha value is -3.10. The number of piperidine rings is 1. The topological polar surface area (TPSA) is 76.6 Å². The van der Waals surface area contributed by atoms with E-state index in [1.165, 1.54) is 36.8 Å². The lowest BCUT2D eigenvalue weighted by Gasteiger charge is -2.47. The summed E-state index contributed by atoms with van der Waals surface area (Å²) in [6.45, 7) is 4.06. The monoisotopic (exact) mass is 530 g/mol. The molecule has 3 heterocycles. The molecule has 6 rings (SSSR count). The molecule has 3 aliphatic rings. The number of rotatable bonds is 8. The van der Waals surface area contributed by atoms with Crippen LogP contribution in [0, 0.1) is 17.8 Å². The van der Waals surface area contributed by atoms with Crippen molar-refractivity contribution in [3.63, 3.8) is 0 Å². The third-order valence-corrected chi connectivity index (χ3v) is 9.21. The Kier molecular flexibility index (Phi) is 7.51. The predicted octanol–water partition coefficient (Wildman–Crippen LogP) is 5.72. The van der Waals surface area contributed by atoms with Crippen molar-refractivity contribution in [2.24, 2.45) is 17.8 Å². The highest BCUT2D eigenvalue weighted by Gasteiger charge is 2.39. The summed E-state index contributed by atoms with van der Waals surface area (Å²) < 4.78 is 10.9. The SMILES string of the molecule is COC(=O)Cc1ccc(OCCC2C3CCCC2CN(Cc2ccc4c(c2)Nc2nccnc2S4)C3)cc1. The third-order valence-electron chi connectivity index (χ3n) is 8.14. The van der Waals surface area contributed by atoms with Crippen LogP contribution in [0.15, 0.2) is 64.8 Å². The van der Waals surface area contributed by atoms with Gasteiger partial charge in [-0.25, -0.2) is 9.97 Å². The molecule has 1 saturated carbocycles. The maximum Gasteiger partial charge on any atom is 0.309 e. The van der Waals surface area contributed by atoms with Crippen LogP contribution in [-0.4, -0.2) is 47.6 Å². The van der Waals surface area contributed by atoms with Gasteiger partial charge in [0, 0.05) is 36.9 Å². The molecule has 1 aromatic heterocycles. The maximum atomic E-state index is 11.5. The lowest BCUT2D eigenvalue weighted by molar-refractivity contribution is -0.139. The third kappa shape index (κ3) is 5.66. The summed E-state index contributed by atoms with van der Waals surface area (Å²) in [6.07, 6.45) is 8.86. The number of hydrogen-bond donors (Lipinski definition) is 1. The molecule has 3 aromatic rings. The molecule has 2 unspecified atom stereocenters. The van der Waals surface area contributed by atoms with E-state index in [1.54, 1.807) is 24.2 Å². The lowest BCUT2D eigenvalue weighted by atomic mass is 9.67. The van der Waals surface area contributed by atoms with Gasteiger partial charge < -0.3 is 14.8 Å². The quantitative estimate of drug-likeness (QED) is 0.290. The average Bonchev–Trinajstić information content (AvgIpc) is 2.93. The number of esters is 1. The number of nitrogens with one attached hydrogen (secondary N) is 1. The van der Waals surface area contributed by atoms with E-state index in [2.05, 4.69) is 38.4 Å². The Morgan fingerprint density at radius 2 is 1.82 bits per heavy atom. The maximum absolute atomic E-state index is 11.5. The van der Waals surface area contributed by atoms with Gasteiger partial charge in [0.2, 0.25) is 0 Å². The molecule has 2 aromatic carbocycles. The van der Waals surface area contributed by atoms with Gasteiger partial charge in [0.15, 0.2) is 5.82 Å². The van der Waals surface area contributed by atoms with Gasteiger partial charge in [-0.1, -0.05) is 36.4 Å². The zero-order chi connectivity index (χ0) is 25.9. The van der Waals surface area contributed by atoms with Gasteiger partial charge in [-0.15, -0.1) is 0 Å². The number of ether oxygens (including phenoxy) is 2. The first-order chi connectivity index (χ1) is 18.6. The molecule has 7 nitrogen and oxygen atoms in total.